The third-order valence-electron chi connectivity index (χ3n) is 2.73. The highest BCUT2D eigenvalue weighted by Gasteiger charge is 2.15. The van der Waals surface area contributed by atoms with Gasteiger partial charge >= 0.3 is 5.69 Å². The van der Waals surface area contributed by atoms with Crippen LogP contribution in [0.25, 0.3) is 0 Å². The molecule has 0 aliphatic heterocycles. The van der Waals surface area contributed by atoms with Crippen LogP contribution in [0.2, 0.25) is 0 Å². The average molecular weight is 282 g/mol. The van der Waals surface area contributed by atoms with Crippen molar-refractivity contribution in [3.05, 3.63) is 33.9 Å². The van der Waals surface area contributed by atoms with Crippen LogP contribution in [-0.2, 0) is 6.54 Å². The summed E-state index contributed by atoms with van der Waals surface area (Å²) in [4.78, 5) is 10.5. The van der Waals surface area contributed by atoms with E-state index in [1.807, 2.05) is 13.8 Å². The van der Waals surface area contributed by atoms with Crippen LogP contribution in [0.15, 0.2) is 18.2 Å². The Bertz CT molecular complexity index is 447. The fourth-order valence-electron chi connectivity index (χ4n) is 1.60. The molecule has 0 aliphatic carbocycles. The third kappa shape index (κ3) is 5.54. The molecule has 0 radical (unpaired) electrons. The molecule has 0 saturated heterocycles. The van der Waals surface area contributed by atoms with E-state index in [-0.39, 0.29) is 18.0 Å². The van der Waals surface area contributed by atoms with E-state index in [0.717, 1.165) is 5.56 Å². The molecule has 1 unspecified atom stereocenters. The number of aliphatic hydroxyl groups is 1. The first-order valence-electron chi connectivity index (χ1n) is 6.71. The molecule has 0 saturated carbocycles. The average Bonchev–Trinajstić information content (AvgIpc) is 2.35. The quantitative estimate of drug-likeness (QED) is 0.564. The first-order chi connectivity index (χ1) is 9.40. The molecule has 1 rings (SSSR count). The van der Waals surface area contributed by atoms with Gasteiger partial charge < -0.3 is 15.2 Å². The number of nitrogens with one attached hydrogen (secondary N) is 1. The Morgan fingerprint density at radius 1 is 1.40 bits per heavy atom. The Labute approximate surface area is 118 Å². The van der Waals surface area contributed by atoms with Crippen LogP contribution < -0.4 is 10.1 Å². The van der Waals surface area contributed by atoms with Gasteiger partial charge in [-0.3, -0.25) is 10.1 Å². The van der Waals surface area contributed by atoms with Crippen LogP contribution in [0.3, 0.4) is 0 Å². The Morgan fingerprint density at radius 3 is 2.65 bits per heavy atom. The lowest BCUT2D eigenvalue weighted by atomic mass is 10.2. The van der Waals surface area contributed by atoms with Crippen molar-refractivity contribution in [2.24, 2.45) is 0 Å². The predicted molar refractivity (Wildman–Crippen MR) is 76.9 cm³/mol. The van der Waals surface area contributed by atoms with Crippen molar-refractivity contribution >= 4 is 5.69 Å². The lowest BCUT2D eigenvalue weighted by Gasteiger charge is -2.11. The number of rotatable bonds is 8. The molecular formula is C14H22N2O4. The summed E-state index contributed by atoms with van der Waals surface area (Å²) in [6, 6.07) is 5.18. The Kier molecular flexibility index (Phi) is 6.41. The highest BCUT2D eigenvalue weighted by Crippen LogP contribution is 2.28. The molecule has 112 valence electrons. The van der Waals surface area contributed by atoms with Crippen molar-refractivity contribution in [1.29, 1.82) is 0 Å². The Balaban J connectivity index is 2.79. The van der Waals surface area contributed by atoms with Gasteiger partial charge in [0.25, 0.3) is 0 Å². The van der Waals surface area contributed by atoms with E-state index in [1.165, 1.54) is 6.07 Å². The maximum atomic E-state index is 11.0. The van der Waals surface area contributed by atoms with Gasteiger partial charge in [0.15, 0.2) is 5.75 Å². The van der Waals surface area contributed by atoms with Gasteiger partial charge in [-0.2, -0.15) is 0 Å². The molecule has 6 nitrogen and oxygen atoms in total. The summed E-state index contributed by atoms with van der Waals surface area (Å²) in [5, 5.41) is 23.4. The second-order valence-electron chi connectivity index (χ2n) is 5.08. The molecule has 0 heterocycles. The van der Waals surface area contributed by atoms with Gasteiger partial charge in [-0.1, -0.05) is 19.9 Å². The van der Waals surface area contributed by atoms with Gasteiger partial charge in [0.05, 0.1) is 17.6 Å². The molecular weight excluding hydrogens is 260 g/mol. The minimum absolute atomic E-state index is 0.0520. The summed E-state index contributed by atoms with van der Waals surface area (Å²) in [5.41, 5.74) is 0.875. The predicted octanol–water partition coefficient (Wildman–Crippen LogP) is 2.24. The first kappa shape index (κ1) is 16.4. The topological polar surface area (TPSA) is 84.6 Å². The van der Waals surface area contributed by atoms with Gasteiger partial charge in [0, 0.05) is 25.1 Å². The zero-order valence-corrected chi connectivity index (χ0v) is 12.1. The van der Waals surface area contributed by atoms with Crippen molar-refractivity contribution in [2.75, 3.05) is 6.61 Å². The molecule has 0 bridgehead atoms. The van der Waals surface area contributed by atoms with Gasteiger partial charge in [0.2, 0.25) is 0 Å². The van der Waals surface area contributed by atoms with Gasteiger partial charge in [-0.15, -0.1) is 0 Å². The van der Waals surface area contributed by atoms with E-state index in [9.17, 15) is 15.2 Å². The largest absolute Gasteiger partial charge is 0.487 e. The van der Waals surface area contributed by atoms with Crippen molar-refractivity contribution in [2.45, 2.75) is 45.9 Å². The number of nitro benzene ring substituents is 1. The molecule has 6 heteroatoms. The van der Waals surface area contributed by atoms with Gasteiger partial charge in [-0.25, -0.2) is 0 Å². The van der Waals surface area contributed by atoms with Crippen molar-refractivity contribution in [3.8, 4) is 5.75 Å². The summed E-state index contributed by atoms with van der Waals surface area (Å²) in [6.07, 6.45) is -0.0501. The fourth-order valence-corrected chi connectivity index (χ4v) is 1.60. The lowest BCUT2D eigenvalue weighted by Crippen LogP contribution is -2.21. The standard InChI is InChI=1S/C14H22N2O4/c1-10(2)15-9-12-4-5-13(16(18)19)14(8-12)20-7-6-11(3)17/h4-5,8,10-11,15,17H,6-7,9H2,1-3H3. The highest BCUT2D eigenvalue weighted by molar-refractivity contribution is 5.48. The van der Waals surface area contributed by atoms with Crippen molar-refractivity contribution < 1.29 is 14.8 Å². The third-order valence-corrected chi connectivity index (χ3v) is 2.73. The van der Waals surface area contributed by atoms with Crippen molar-refractivity contribution in [1.82, 2.24) is 5.32 Å². The maximum Gasteiger partial charge on any atom is 0.310 e. The Hall–Kier alpha value is -1.66. The molecule has 1 aromatic carbocycles. The molecule has 1 atom stereocenters. The number of benzene rings is 1. The van der Waals surface area contributed by atoms with Crippen LogP contribution >= 0.6 is 0 Å². The minimum atomic E-state index is -0.486. The summed E-state index contributed by atoms with van der Waals surface area (Å²) >= 11 is 0. The van der Waals surface area contributed by atoms with E-state index in [2.05, 4.69) is 5.32 Å². The smallest absolute Gasteiger partial charge is 0.310 e. The van der Waals surface area contributed by atoms with Gasteiger partial charge in [0.1, 0.15) is 0 Å². The highest BCUT2D eigenvalue weighted by atomic mass is 16.6. The van der Waals surface area contributed by atoms with Crippen LogP contribution in [0, 0.1) is 10.1 Å². The number of aliphatic hydroxyl groups excluding tert-OH is 1. The van der Waals surface area contributed by atoms with Gasteiger partial charge in [-0.05, 0) is 18.6 Å². The second kappa shape index (κ2) is 7.81. The molecule has 2 N–H and O–H groups in total. The number of nitro groups is 1. The first-order valence-corrected chi connectivity index (χ1v) is 6.71. The summed E-state index contributed by atoms with van der Waals surface area (Å²) in [5.74, 6) is 0.249. The molecule has 0 aliphatic rings. The number of ether oxygens (including phenoxy) is 1. The van der Waals surface area contributed by atoms with Crippen LogP contribution in [0.1, 0.15) is 32.8 Å². The zero-order valence-electron chi connectivity index (χ0n) is 12.1. The SMILES string of the molecule is CC(O)CCOc1cc(CNC(C)C)ccc1[N+](=O)[O-]. The summed E-state index contributed by atoms with van der Waals surface area (Å²) in [7, 11) is 0. The Morgan fingerprint density at radius 2 is 2.10 bits per heavy atom. The van der Waals surface area contributed by atoms with E-state index < -0.39 is 11.0 Å². The van der Waals surface area contributed by atoms with E-state index >= 15 is 0 Å². The van der Waals surface area contributed by atoms with E-state index in [1.54, 1.807) is 19.1 Å². The second-order valence-corrected chi connectivity index (χ2v) is 5.08. The maximum absolute atomic E-state index is 11.0. The van der Waals surface area contributed by atoms with Crippen molar-refractivity contribution in [3.63, 3.8) is 0 Å². The molecule has 1 aromatic rings. The number of hydrogen-bond acceptors (Lipinski definition) is 5. The van der Waals surface area contributed by atoms with Crippen LogP contribution in [0.4, 0.5) is 5.69 Å². The molecule has 20 heavy (non-hydrogen) atoms. The summed E-state index contributed by atoms with van der Waals surface area (Å²) in [6.45, 7) is 6.60. The normalized spacial score (nSPS) is 12.4. The zero-order chi connectivity index (χ0) is 15.1. The van der Waals surface area contributed by atoms with Crippen LogP contribution in [0.5, 0.6) is 5.75 Å². The van der Waals surface area contributed by atoms with Crippen LogP contribution in [-0.4, -0.2) is 28.8 Å². The minimum Gasteiger partial charge on any atom is -0.487 e. The molecule has 0 aromatic heterocycles. The van der Waals surface area contributed by atoms with E-state index in [4.69, 9.17) is 4.74 Å². The molecule has 0 fully saturated rings. The number of nitrogens with zero attached hydrogens (tertiary/aromatic N) is 1. The lowest BCUT2D eigenvalue weighted by molar-refractivity contribution is -0.385. The molecule has 0 amide bonds. The monoisotopic (exact) mass is 282 g/mol. The fraction of sp³-hybridized carbons (Fsp3) is 0.571. The summed E-state index contributed by atoms with van der Waals surface area (Å²) < 4.78 is 5.43. The van der Waals surface area contributed by atoms with E-state index in [0.29, 0.717) is 19.0 Å². The molecule has 0 spiro atoms. The number of hydrogen-bond donors (Lipinski definition) is 2.